The minimum Gasteiger partial charge on any atom is -0.298 e. The Bertz CT molecular complexity index is 760. The lowest BCUT2D eigenvalue weighted by molar-refractivity contribution is 0.180. The Labute approximate surface area is 138 Å². The molecule has 23 heavy (non-hydrogen) atoms. The Hall–Kier alpha value is -0.960. The molecule has 1 aliphatic heterocycles. The van der Waals surface area contributed by atoms with Gasteiger partial charge in [-0.05, 0) is 37.1 Å². The van der Waals surface area contributed by atoms with Crippen molar-refractivity contribution in [2.24, 2.45) is 0 Å². The normalized spacial score (nSPS) is 21.4. The van der Waals surface area contributed by atoms with Crippen LogP contribution in [0.1, 0.15) is 19.8 Å². The van der Waals surface area contributed by atoms with Crippen LogP contribution in [0.4, 0.5) is 0 Å². The van der Waals surface area contributed by atoms with Gasteiger partial charge < -0.3 is 0 Å². The average Bonchev–Trinajstić information content (AvgIpc) is 3.40. The summed E-state index contributed by atoms with van der Waals surface area (Å²) >= 11 is 0. The van der Waals surface area contributed by atoms with Crippen molar-refractivity contribution >= 4 is 19.9 Å². The number of benzene rings is 1. The molecule has 0 bridgehead atoms. The quantitative estimate of drug-likeness (QED) is 0.783. The Kier molecular flexibility index (Phi) is 4.52. The van der Waals surface area contributed by atoms with Gasteiger partial charge in [-0.15, -0.1) is 0 Å². The molecule has 0 unspecified atom stereocenters. The molecule has 2 aliphatic rings. The lowest BCUT2D eigenvalue weighted by atomic mass is 10.3. The van der Waals surface area contributed by atoms with E-state index in [1.165, 1.54) is 41.4 Å². The monoisotopic (exact) mass is 358 g/mol. The van der Waals surface area contributed by atoms with Crippen LogP contribution in [0.2, 0.25) is 0 Å². The number of sulfonamides is 1. The summed E-state index contributed by atoms with van der Waals surface area (Å²) in [5, 5.41) is 0. The molecule has 3 rings (SSSR count). The molecule has 0 aromatic heterocycles. The van der Waals surface area contributed by atoms with Crippen LogP contribution in [0.3, 0.4) is 0 Å². The SMILES string of the molecule is CCS(=O)(=O)c1ccc(S(=O)(=O)N2CCN(C3CC3)CC2)cc1. The van der Waals surface area contributed by atoms with E-state index in [2.05, 4.69) is 4.90 Å². The summed E-state index contributed by atoms with van der Waals surface area (Å²) in [6.07, 6.45) is 2.44. The molecule has 0 atom stereocenters. The van der Waals surface area contributed by atoms with Gasteiger partial charge in [0.05, 0.1) is 15.5 Å². The highest BCUT2D eigenvalue weighted by atomic mass is 32.2. The fourth-order valence-electron chi connectivity index (χ4n) is 2.88. The molecule has 1 aromatic rings. The molecule has 0 N–H and O–H groups in total. The molecule has 0 radical (unpaired) electrons. The van der Waals surface area contributed by atoms with Crippen LogP contribution in [0.5, 0.6) is 0 Å². The summed E-state index contributed by atoms with van der Waals surface area (Å²) in [5.41, 5.74) is 0. The topological polar surface area (TPSA) is 74.8 Å². The maximum atomic E-state index is 12.7. The second-order valence-corrected chi connectivity index (χ2v) is 10.3. The van der Waals surface area contributed by atoms with Crippen LogP contribution < -0.4 is 0 Å². The smallest absolute Gasteiger partial charge is 0.243 e. The molecule has 0 amide bonds. The highest BCUT2D eigenvalue weighted by Crippen LogP contribution is 2.28. The van der Waals surface area contributed by atoms with E-state index in [0.29, 0.717) is 19.1 Å². The molecule has 2 fully saturated rings. The molecule has 8 heteroatoms. The summed E-state index contributed by atoms with van der Waals surface area (Å²) in [4.78, 5) is 2.67. The summed E-state index contributed by atoms with van der Waals surface area (Å²) in [7, 11) is -6.86. The number of sulfone groups is 1. The van der Waals surface area contributed by atoms with E-state index >= 15 is 0 Å². The predicted octanol–water partition coefficient (Wildman–Crippen LogP) is 0.949. The minimum absolute atomic E-state index is 0.00221. The summed E-state index contributed by atoms with van der Waals surface area (Å²) in [6.45, 7) is 4.10. The number of nitrogens with zero attached hydrogens (tertiary/aromatic N) is 2. The Balaban J connectivity index is 1.75. The maximum absolute atomic E-state index is 12.7. The number of hydrogen-bond acceptors (Lipinski definition) is 5. The van der Waals surface area contributed by atoms with E-state index in [1.807, 2.05) is 0 Å². The zero-order valence-corrected chi connectivity index (χ0v) is 14.8. The number of hydrogen-bond donors (Lipinski definition) is 0. The summed E-state index contributed by atoms with van der Waals surface area (Å²) in [5.74, 6) is 0.00221. The van der Waals surface area contributed by atoms with Gasteiger partial charge >= 0.3 is 0 Å². The van der Waals surface area contributed by atoms with Crippen molar-refractivity contribution in [1.82, 2.24) is 9.21 Å². The van der Waals surface area contributed by atoms with E-state index in [9.17, 15) is 16.8 Å². The largest absolute Gasteiger partial charge is 0.298 e. The van der Waals surface area contributed by atoms with Crippen molar-refractivity contribution in [3.63, 3.8) is 0 Å². The second-order valence-electron chi connectivity index (χ2n) is 6.05. The van der Waals surface area contributed by atoms with Crippen molar-refractivity contribution < 1.29 is 16.8 Å². The van der Waals surface area contributed by atoms with Crippen molar-refractivity contribution in [2.75, 3.05) is 31.9 Å². The third kappa shape index (κ3) is 3.45. The molecule has 1 saturated carbocycles. The van der Waals surface area contributed by atoms with Gasteiger partial charge in [-0.1, -0.05) is 6.92 Å². The van der Waals surface area contributed by atoms with Gasteiger partial charge in [-0.25, -0.2) is 16.8 Å². The summed E-state index contributed by atoms with van der Waals surface area (Å²) < 4.78 is 50.4. The Morgan fingerprint density at radius 1 is 0.913 bits per heavy atom. The van der Waals surface area contributed by atoms with E-state index in [4.69, 9.17) is 0 Å². The summed E-state index contributed by atoms with van der Waals surface area (Å²) in [6, 6.07) is 6.20. The van der Waals surface area contributed by atoms with E-state index < -0.39 is 19.9 Å². The fraction of sp³-hybridized carbons (Fsp3) is 0.600. The third-order valence-electron chi connectivity index (χ3n) is 4.54. The highest BCUT2D eigenvalue weighted by Gasteiger charge is 2.34. The van der Waals surface area contributed by atoms with Gasteiger partial charge in [0, 0.05) is 32.2 Å². The van der Waals surface area contributed by atoms with Crippen LogP contribution in [0, 0.1) is 0 Å². The van der Waals surface area contributed by atoms with E-state index in [-0.39, 0.29) is 15.5 Å². The maximum Gasteiger partial charge on any atom is 0.243 e. The fourth-order valence-corrected chi connectivity index (χ4v) is 5.19. The van der Waals surface area contributed by atoms with Crippen LogP contribution in [0.15, 0.2) is 34.1 Å². The number of rotatable bonds is 5. The van der Waals surface area contributed by atoms with Crippen LogP contribution in [-0.2, 0) is 19.9 Å². The molecule has 1 saturated heterocycles. The first kappa shape index (κ1) is 16.9. The third-order valence-corrected chi connectivity index (χ3v) is 8.20. The van der Waals surface area contributed by atoms with Gasteiger partial charge in [-0.2, -0.15) is 4.31 Å². The molecule has 0 spiro atoms. The van der Waals surface area contributed by atoms with Gasteiger partial charge in [0.15, 0.2) is 9.84 Å². The van der Waals surface area contributed by atoms with Gasteiger partial charge in [-0.3, -0.25) is 4.90 Å². The van der Waals surface area contributed by atoms with Crippen LogP contribution in [0.25, 0.3) is 0 Å². The van der Waals surface area contributed by atoms with Crippen molar-refractivity contribution in [3.05, 3.63) is 24.3 Å². The van der Waals surface area contributed by atoms with Crippen molar-refractivity contribution in [2.45, 2.75) is 35.6 Å². The zero-order valence-electron chi connectivity index (χ0n) is 13.2. The molecule has 6 nitrogen and oxygen atoms in total. The average molecular weight is 358 g/mol. The van der Waals surface area contributed by atoms with Gasteiger partial charge in [0.2, 0.25) is 10.0 Å². The molecule has 1 aromatic carbocycles. The van der Waals surface area contributed by atoms with E-state index in [0.717, 1.165) is 13.1 Å². The Morgan fingerprint density at radius 3 is 1.91 bits per heavy atom. The second kappa shape index (κ2) is 6.16. The first-order valence-electron chi connectivity index (χ1n) is 7.91. The lowest BCUT2D eigenvalue weighted by Gasteiger charge is -2.34. The Morgan fingerprint density at radius 2 is 1.43 bits per heavy atom. The predicted molar refractivity (Wildman–Crippen MR) is 87.5 cm³/mol. The first-order valence-corrected chi connectivity index (χ1v) is 11.0. The molecule has 128 valence electrons. The molecule has 1 heterocycles. The van der Waals surface area contributed by atoms with Crippen molar-refractivity contribution in [1.29, 1.82) is 0 Å². The molecule has 1 aliphatic carbocycles. The zero-order chi connectivity index (χ0) is 16.7. The van der Waals surface area contributed by atoms with Gasteiger partial charge in [0.1, 0.15) is 0 Å². The van der Waals surface area contributed by atoms with Crippen LogP contribution in [-0.4, -0.2) is 64.0 Å². The molecular weight excluding hydrogens is 336 g/mol. The van der Waals surface area contributed by atoms with E-state index in [1.54, 1.807) is 6.92 Å². The van der Waals surface area contributed by atoms with Crippen molar-refractivity contribution in [3.8, 4) is 0 Å². The first-order chi connectivity index (χ1) is 10.8. The number of piperazine rings is 1. The lowest BCUT2D eigenvalue weighted by Crippen LogP contribution is -2.49. The minimum atomic E-state index is -3.55. The highest BCUT2D eigenvalue weighted by molar-refractivity contribution is 7.91. The van der Waals surface area contributed by atoms with Gasteiger partial charge in [0.25, 0.3) is 0 Å². The standard InChI is InChI=1S/C15H22N2O4S2/c1-2-22(18,19)14-5-7-15(8-6-14)23(20,21)17-11-9-16(10-12-17)13-3-4-13/h5-8,13H,2-4,9-12H2,1H3. The van der Waals surface area contributed by atoms with Crippen LogP contribution >= 0.6 is 0 Å². The molecular formula is C15H22N2O4S2.